The molecule has 18 heavy (non-hydrogen) atoms. The van der Waals surface area contributed by atoms with E-state index in [0.717, 1.165) is 10.9 Å². The maximum atomic E-state index is 11.0. The van der Waals surface area contributed by atoms with Crippen molar-refractivity contribution in [2.45, 2.75) is 38.9 Å². The van der Waals surface area contributed by atoms with Gasteiger partial charge in [-0.1, -0.05) is 29.3 Å². The fourth-order valence-electron chi connectivity index (χ4n) is 1.60. The zero-order chi connectivity index (χ0) is 13.7. The Hall–Kier alpha value is -1.07. The summed E-state index contributed by atoms with van der Waals surface area (Å²) in [7, 11) is 0. The number of carboxylic acid groups (broad SMARTS) is 1. The molecule has 0 spiro atoms. The molecule has 0 aliphatic heterocycles. The van der Waals surface area contributed by atoms with Gasteiger partial charge in [-0.25, -0.2) is 4.79 Å². The van der Waals surface area contributed by atoms with Crippen LogP contribution in [0.2, 0.25) is 0 Å². The van der Waals surface area contributed by atoms with E-state index in [0.29, 0.717) is 17.7 Å². The van der Waals surface area contributed by atoms with Crippen molar-refractivity contribution in [1.29, 1.82) is 0 Å². The monoisotopic (exact) mass is 316 g/mol. The quantitative estimate of drug-likeness (QED) is 0.846. The van der Waals surface area contributed by atoms with Gasteiger partial charge in [-0.05, 0) is 31.5 Å². The number of halogens is 1. The first-order chi connectivity index (χ1) is 8.45. The summed E-state index contributed by atoms with van der Waals surface area (Å²) in [5.74, 6) is -0.578. The third kappa shape index (κ3) is 3.99. The number of carboxylic acids is 1. The molecule has 0 saturated carbocycles. The Morgan fingerprint density at radius 3 is 2.67 bits per heavy atom. The SMILES string of the molecule is CCCC(Oc1ccc(Br)cc1[C@H](C)O)C(=O)O. The molecule has 0 aliphatic carbocycles. The largest absolute Gasteiger partial charge is 0.479 e. The van der Waals surface area contributed by atoms with Crippen LogP contribution in [0, 0.1) is 0 Å². The first kappa shape index (κ1) is 15.0. The molecule has 2 atom stereocenters. The van der Waals surface area contributed by atoms with Gasteiger partial charge in [-0.3, -0.25) is 0 Å². The van der Waals surface area contributed by atoms with E-state index in [1.54, 1.807) is 25.1 Å². The van der Waals surface area contributed by atoms with Crippen molar-refractivity contribution in [3.63, 3.8) is 0 Å². The molecule has 0 heterocycles. The summed E-state index contributed by atoms with van der Waals surface area (Å²) in [6.07, 6.45) is -0.440. The standard InChI is InChI=1S/C13H17BrO4/c1-3-4-12(13(16)17)18-11-6-5-9(14)7-10(11)8(2)15/h5-8,12,15H,3-4H2,1-2H3,(H,16,17)/t8-,12?/m0/s1. The molecule has 1 unspecified atom stereocenters. The van der Waals surface area contributed by atoms with E-state index >= 15 is 0 Å². The molecule has 0 radical (unpaired) electrons. The highest BCUT2D eigenvalue weighted by Crippen LogP contribution is 2.29. The lowest BCUT2D eigenvalue weighted by Gasteiger charge is -2.18. The van der Waals surface area contributed by atoms with Gasteiger partial charge >= 0.3 is 5.97 Å². The molecule has 4 nitrogen and oxygen atoms in total. The normalized spacial score (nSPS) is 14.0. The van der Waals surface area contributed by atoms with Crippen LogP contribution in [0.5, 0.6) is 5.75 Å². The van der Waals surface area contributed by atoms with Crippen LogP contribution in [0.1, 0.15) is 38.4 Å². The first-order valence-corrected chi connectivity index (χ1v) is 6.62. The lowest BCUT2D eigenvalue weighted by molar-refractivity contribution is -0.145. The lowest BCUT2D eigenvalue weighted by Crippen LogP contribution is -2.27. The molecule has 0 amide bonds. The molecule has 0 bridgehead atoms. The van der Waals surface area contributed by atoms with E-state index in [1.807, 2.05) is 6.92 Å². The Bertz CT molecular complexity index is 417. The Labute approximate surface area is 115 Å². The van der Waals surface area contributed by atoms with Gasteiger partial charge < -0.3 is 14.9 Å². The molecule has 1 aromatic rings. The number of benzene rings is 1. The van der Waals surface area contributed by atoms with Crippen molar-refractivity contribution in [2.24, 2.45) is 0 Å². The van der Waals surface area contributed by atoms with Gasteiger partial charge in [-0.2, -0.15) is 0 Å². The zero-order valence-electron chi connectivity index (χ0n) is 10.4. The second-order valence-corrected chi connectivity index (χ2v) is 5.01. The summed E-state index contributed by atoms with van der Waals surface area (Å²) in [5, 5.41) is 18.7. The van der Waals surface area contributed by atoms with Gasteiger partial charge in [0, 0.05) is 10.0 Å². The second kappa shape index (κ2) is 6.75. The maximum absolute atomic E-state index is 11.0. The Balaban J connectivity index is 2.98. The van der Waals surface area contributed by atoms with E-state index in [9.17, 15) is 9.90 Å². The minimum absolute atomic E-state index is 0.411. The number of carbonyl (C=O) groups is 1. The van der Waals surface area contributed by atoms with Crippen molar-refractivity contribution in [2.75, 3.05) is 0 Å². The molecule has 1 rings (SSSR count). The van der Waals surface area contributed by atoms with Crippen LogP contribution in [0.3, 0.4) is 0 Å². The Kier molecular flexibility index (Phi) is 5.62. The third-order valence-corrected chi connectivity index (χ3v) is 3.01. The Morgan fingerprint density at radius 1 is 1.50 bits per heavy atom. The molecule has 100 valence electrons. The third-order valence-electron chi connectivity index (χ3n) is 2.52. The molecule has 5 heteroatoms. The van der Waals surface area contributed by atoms with Crippen molar-refractivity contribution in [3.8, 4) is 5.75 Å². The fourth-order valence-corrected chi connectivity index (χ4v) is 1.98. The van der Waals surface area contributed by atoms with Crippen molar-refractivity contribution < 1.29 is 19.7 Å². The van der Waals surface area contributed by atoms with Crippen molar-refractivity contribution in [3.05, 3.63) is 28.2 Å². The molecular formula is C13H17BrO4. The van der Waals surface area contributed by atoms with Crippen molar-refractivity contribution in [1.82, 2.24) is 0 Å². The van der Waals surface area contributed by atoms with Crippen LogP contribution < -0.4 is 4.74 Å². The van der Waals surface area contributed by atoms with E-state index in [2.05, 4.69) is 15.9 Å². The number of hydrogen-bond acceptors (Lipinski definition) is 3. The van der Waals surface area contributed by atoms with Gasteiger partial charge in [0.15, 0.2) is 6.10 Å². The van der Waals surface area contributed by atoms with Crippen LogP contribution >= 0.6 is 15.9 Å². The number of ether oxygens (including phenoxy) is 1. The predicted octanol–water partition coefficient (Wildman–Crippen LogP) is 3.13. The van der Waals surface area contributed by atoms with Crippen molar-refractivity contribution >= 4 is 21.9 Å². The Morgan fingerprint density at radius 2 is 2.17 bits per heavy atom. The molecule has 1 aromatic carbocycles. The summed E-state index contributed by atoms with van der Waals surface area (Å²) in [5.41, 5.74) is 0.576. The lowest BCUT2D eigenvalue weighted by atomic mass is 10.1. The van der Waals surface area contributed by atoms with E-state index < -0.39 is 18.2 Å². The highest BCUT2D eigenvalue weighted by Gasteiger charge is 2.20. The average Bonchev–Trinajstić information content (AvgIpc) is 2.30. The van der Waals surface area contributed by atoms with Gasteiger partial charge in [0.1, 0.15) is 5.75 Å². The van der Waals surface area contributed by atoms with Crippen LogP contribution in [0.25, 0.3) is 0 Å². The number of aliphatic carboxylic acids is 1. The van der Waals surface area contributed by atoms with E-state index in [-0.39, 0.29) is 0 Å². The van der Waals surface area contributed by atoms with Gasteiger partial charge in [0.2, 0.25) is 0 Å². The number of rotatable bonds is 6. The fraction of sp³-hybridized carbons (Fsp3) is 0.462. The molecule has 0 aromatic heterocycles. The molecule has 0 saturated heterocycles. The highest BCUT2D eigenvalue weighted by atomic mass is 79.9. The molecule has 0 fully saturated rings. The maximum Gasteiger partial charge on any atom is 0.344 e. The van der Waals surface area contributed by atoms with Crippen LogP contribution in [-0.4, -0.2) is 22.3 Å². The smallest absolute Gasteiger partial charge is 0.344 e. The first-order valence-electron chi connectivity index (χ1n) is 5.82. The average molecular weight is 317 g/mol. The topological polar surface area (TPSA) is 66.8 Å². The van der Waals surface area contributed by atoms with Crippen LogP contribution in [0.4, 0.5) is 0 Å². The summed E-state index contributed by atoms with van der Waals surface area (Å²) >= 11 is 3.31. The van der Waals surface area contributed by atoms with Crippen LogP contribution in [0.15, 0.2) is 22.7 Å². The highest BCUT2D eigenvalue weighted by molar-refractivity contribution is 9.10. The second-order valence-electron chi connectivity index (χ2n) is 4.09. The minimum atomic E-state index is -0.990. The summed E-state index contributed by atoms with van der Waals surface area (Å²) in [6.45, 7) is 3.51. The van der Waals surface area contributed by atoms with Gasteiger partial charge in [-0.15, -0.1) is 0 Å². The van der Waals surface area contributed by atoms with Gasteiger partial charge in [0.05, 0.1) is 6.10 Å². The van der Waals surface area contributed by atoms with Gasteiger partial charge in [0.25, 0.3) is 0 Å². The number of hydrogen-bond donors (Lipinski definition) is 2. The predicted molar refractivity (Wildman–Crippen MR) is 71.7 cm³/mol. The number of aliphatic hydroxyl groups excluding tert-OH is 1. The molecule has 2 N–H and O–H groups in total. The number of aliphatic hydroxyl groups is 1. The summed E-state index contributed by atoms with van der Waals surface area (Å²) < 4.78 is 6.30. The van der Waals surface area contributed by atoms with E-state index in [1.165, 1.54) is 0 Å². The van der Waals surface area contributed by atoms with Crippen LogP contribution in [-0.2, 0) is 4.79 Å². The van der Waals surface area contributed by atoms with E-state index in [4.69, 9.17) is 9.84 Å². The molecular weight excluding hydrogens is 300 g/mol. The minimum Gasteiger partial charge on any atom is -0.479 e. The summed E-state index contributed by atoms with van der Waals surface area (Å²) in [6, 6.07) is 5.15. The zero-order valence-corrected chi connectivity index (χ0v) is 12.0. The molecule has 0 aliphatic rings. The summed E-state index contributed by atoms with van der Waals surface area (Å²) in [4.78, 5) is 11.0.